The van der Waals surface area contributed by atoms with Crippen LogP contribution in [0.3, 0.4) is 0 Å². The molecule has 1 unspecified atom stereocenters. The zero-order valence-electron chi connectivity index (χ0n) is 12.3. The molecule has 0 bridgehead atoms. The van der Waals surface area contributed by atoms with Gasteiger partial charge in [-0.3, -0.25) is 4.79 Å². The van der Waals surface area contributed by atoms with E-state index in [0.717, 1.165) is 30.8 Å². The van der Waals surface area contributed by atoms with Crippen LogP contribution >= 0.6 is 11.8 Å². The first-order chi connectivity index (χ1) is 10.1. The van der Waals surface area contributed by atoms with E-state index in [-0.39, 0.29) is 24.2 Å². The molecule has 21 heavy (non-hydrogen) atoms. The highest BCUT2D eigenvalue weighted by Gasteiger charge is 2.25. The van der Waals surface area contributed by atoms with Gasteiger partial charge in [-0.1, -0.05) is 6.92 Å². The van der Waals surface area contributed by atoms with Gasteiger partial charge < -0.3 is 10.0 Å². The third-order valence-corrected chi connectivity index (χ3v) is 5.19. The second-order valence-electron chi connectivity index (χ2n) is 5.62. The van der Waals surface area contributed by atoms with Gasteiger partial charge in [0.15, 0.2) is 0 Å². The third-order valence-electron chi connectivity index (χ3n) is 3.92. The van der Waals surface area contributed by atoms with E-state index in [4.69, 9.17) is 5.11 Å². The standard InChI is InChI=1S/C16H22FNO2S/c1-12(11-21-15-4-2-14(17)3-5-15)16(20)18-8-6-13(10-19)7-9-18/h2-5,12-13,19H,6-11H2,1H3. The number of carbonyl (C=O) groups is 1. The summed E-state index contributed by atoms with van der Waals surface area (Å²) in [5, 5.41) is 9.12. The molecule has 1 aliphatic heterocycles. The van der Waals surface area contributed by atoms with Gasteiger partial charge in [0.2, 0.25) is 5.91 Å². The van der Waals surface area contributed by atoms with E-state index in [1.54, 1.807) is 23.9 Å². The van der Waals surface area contributed by atoms with E-state index >= 15 is 0 Å². The van der Waals surface area contributed by atoms with Crippen molar-refractivity contribution < 1.29 is 14.3 Å². The number of rotatable bonds is 5. The molecule has 1 aliphatic rings. The van der Waals surface area contributed by atoms with Crippen molar-refractivity contribution in [3.8, 4) is 0 Å². The maximum atomic E-state index is 12.8. The molecule has 3 nitrogen and oxygen atoms in total. The van der Waals surface area contributed by atoms with Crippen LogP contribution in [0, 0.1) is 17.7 Å². The first kappa shape index (κ1) is 16.3. The predicted molar refractivity (Wildman–Crippen MR) is 82.7 cm³/mol. The number of benzene rings is 1. The third kappa shape index (κ3) is 4.71. The zero-order chi connectivity index (χ0) is 15.2. The van der Waals surface area contributed by atoms with Crippen LogP contribution in [-0.2, 0) is 4.79 Å². The lowest BCUT2D eigenvalue weighted by atomic mass is 9.97. The first-order valence-electron chi connectivity index (χ1n) is 7.38. The average molecular weight is 311 g/mol. The molecule has 0 aromatic heterocycles. The van der Waals surface area contributed by atoms with Crippen molar-refractivity contribution in [3.05, 3.63) is 30.1 Å². The van der Waals surface area contributed by atoms with Crippen molar-refractivity contribution in [1.82, 2.24) is 4.90 Å². The molecule has 0 aliphatic carbocycles. The number of nitrogens with zero attached hydrogens (tertiary/aromatic N) is 1. The number of piperidine rings is 1. The Bertz CT molecular complexity index is 458. The van der Waals surface area contributed by atoms with Gasteiger partial charge in [0, 0.05) is 36.3 Å². The topological polar surface area (TPSA) is 40.5 Å². The zero-order valence-corrected chi connectivity index (χ0v) is 13.1. The van der Waals surface area contributed by atoms with Gasteiger partial charge >= 0.3 is 0 Å². The van der Waals surface area contributed by atoms with Crippen LogP contribution in [0.1, 0.15) is 19.8 Å². The minimum Gasteiger partial charge on any atom is -0.396 e. The molecule has 0 spiro atoms. The predicted octanol–water partition coefficient (Wildman–Crippen LogP) is 2.78. The molecule has 5 heteroatoms. The first-order valence-corrected chi connectivity index (χ1v) is 8.36. The Kier molecular flexibility index (Phi) is 6.06. The van der Waals surface area contributed by atoms with Gasteiger partial charge in [-0.15, -0.1) is 11.8 Å². The quantitative estimate of drug-likeness (QED) is 0.850. The molecule has 1 fully saturated rings. The van der Waals surface area contributed by atoms with Crippen molar-refractivity contribution in [2.75, 3.05) is 25.4 Å². The molecule has 1 atom stereocenters. The van der Waals surface area contributed by atoms with Crippen LogP contribution in [0.25, 0.3) is 0 Å². The van der Waals surface area contributed by atoms with Crippen LogP contribution < -0.4 is 0 Å². The summed E-state index contributed by atoms with van der Waals surface area (Å²) in [7, 11) is 0. The SMILES string of the molecule is CC(CSc1ccc(F)cc1)C(=O)N1CCC(CO)CC1. The summed E-state index contributed by atoms with van der Waals surface area (Å²) in [6.45, 7) is 3.65. The molecule has 1 saturated heterocycles. The van der Waals surface area contributed by atoms with Crippen molar-refractivity contribution in [3.63, 3.8) is 0 Å². The molecule has 116 valence electrons. The van der Waals surface area contributed by atoms with Crippen molar-refractivity contribution in [2.45, 2.75) is 24.7 Å². The van der Waals surface area contributed by atoms with E-state index in [1.165, 1.54) is 12.1 Å². The van der Waals surface area contributed by atoms with E-state index in [1.807, 2.05) is 11.8 Å². The number of hydrogen-bond donors (Lipinski definition) is 1. The second-order valence-corrected chi connectivity index (χ2v) is 6.71. The second kappa shape index (κ2) is 7.80. The number of amides is 1. The van der Waals surface area contributed by atoms with E-state index in [9.17, 15) is 9.18 Å². The summed E-state index contributed by atoms with van der Waals surface area (Å²) >= 11 is 1.58. The Morgan fingerprint density at radius 2 is 2.00 bits per heavy atom. The van der Waals surface area contributed by atoms with Crippen molar-refractivity contribution >= 4 is 17.7 Å². The van der Waals surface area contributed by atoms with E-state index < -0.39 is 0 Å². The Labute approximate surface area is 129 Å². The minimum absolute atomic E-state index is 0.0503. The van der Waals surface area contributed by atoms with Crippen molar-refractivity contribution in [2.24, 2.45) is 11.8 Å². The minimum atomic E-state index is -0.241. The molecule has 2 rings (SSSR count). The molecule has 1 N–H and O–H groups in total. The number of aliphatic hydroxyl groups is 1. The summed E-state index contributed by atoms with van der Waals surface area (Å²) in [5.41, 5.74) is 0. The molecular weight excluding hydrogens is 289 g/mol. The van der Waals surface area contributed by atoms with Gasteiger partial charge in [-0.25, -0.2) is 4.39 Å². The highest BCUT2D eigenvalue weighted by atomic mass is 32.2. The number of thioether (sulfide) groups is 1. The summed E-state index contributed by atoms with van der Waals surface area (Å²) in [4.78, 5) is 15.2. The number of hydrogen-bond acceptors (Lipinski definition) is 3. The molecule has 0 radical (unpaired) electrons. The number of halogens is 1. The van der Waals surface area contributed by atoms with Gasteiger partial charge in [-0.05, 0) is 43.0 Å². The van der Waals surface area contributed by atoms with Crippen LogP contribution in [0.2, 0.25) is 0 Å². The lowest BCUT2D eigenvalue weighted by molar-refractivity contribution is -0.135. The summed E-state index contributed by atoms with van der Waals surface area (Å²) in [5.74, 6) is 0.935. The highest BCUT2D eigenvalue weighted by Crippen LogP contribution is 2.23. The van der Waals surface area contributed by atoms with Crippen LogP contribution in [-0.4, -0.2) is 41.4 Å². The van der Waals surface area contributed by atoms with Crippen LogP contribution in [0.5, 0.6) is 0 Å². The van der Waals surface area contributed by atoms with Gasteiger partial charge in [0.25, 0.3) is 0 Å². The van der Waals surface area contributed by atoms with Gasteiger partial charge in [-0.2, -0.15) is 0 Å². The smallest absolute Gasteiger partial charge is 0.226 e. The molecular formula is C16H22FNO2S. The largest absolute Gasteiger partial charge is 0.396 e. The highest BCUT2D eigenvalue weighted by molar-refractivity contribution is 7.99. The van der Waals surface area contributed by atoms with Crippen LogP contribution in [0.4, 0.5) is 4.39 Å². The summed E-state index contributed by atoms with van der Waals surface area (Å²) in [6, 6.07) is 6.36. The van der Waals surface area contributed by atoms with E-state index in [2.05, 4.69) is 0 Å². The van der Waals surface area contributed by atoms with Gasteiger partial charge in [0.05, 0.1) is 0 Å². The summed E-state index contributed by atoms with van der Waals surface area (Å²) in [6.07, 6.45) is 1.78. The Hall–Kier alpha value is -1.07. The van der Waals surface area contributed by atoms with Gasteiger partial charge in [0.1, 0.15) is 5.82 Å². The molecule has 1 aromatic rings. The van der Waals surface area contributed by atoms with E-state index in [0.29, 0.717) is 11.7 Å². The maximum Gasteiger partial charge on any atom is 0.226 e. The maximum absolute atomic E-state index is 12.8. The van der Waals surface area contributed by atoms with Crippen molar-refractivity contribution in [1.29, 1.82) is 0 Å². The molecule has 0 saturated carbocycles. The Balaban J connectivity index is 1.78. The lowest BCUT2D eigenvalue weighted by Crippen LogP contribution is -2.42. The lowest BCUT2D eigenvalue weighted by Gasteiger charge is -2.32. The molecule has 1 amide bonds. The van der Waals surface area contributed by atoms with Crippen LogP contribution in [0.15, 0.2) is 29.2 Å². The number of carbonyl (C=O) groups excluding carboxylic acids is 1. The molecule has 1 aromatic carbocycles. The molecule has 1 heterocycles. The fraction of sp³-hybridized carbons (Fsp3) is 0.562. The number of likely N-dealkylation sites (tertiary alicyclic amines) is 1. The fourth-order valence-corrected chi connectivity index (χ4v) is 3.38. The normalized spacial score (nSPS) is 17.8. The average Bonchev–Trinajstić information content (AvgIpc) is 2.53. The monoisotopic (exact) mass is 311 g/mol. The fourth-order valence-electron chi connectivity index (χ4n) is 2.47. The summed E-state index contributed by atoms with van der Waals surface area (Å²) < 4.78 is 12.8. The Morgan fingerprint density at radius 1 is 1.38 bits per heavy atom. The Morgan fingerprint density at radius 3 is 2.57 bits per heavy atom. The number of aliphatic hydroxyl groups excluding tert-OH is 1.